The Hall–Kier alpha value is -1.18. The van der Waals surface area contributed by atoms with E-state index in [1.807, 2.05) is 13.0 Å². The molecule has 2 heteroatoms. The number of ketones is 2. The predicted molar refractivity (Wildman–Crippen MR) is 44.6 cm³/mol. The molecule has 12 heavy (non-hydrogen) atoms. The van der Waals surface area contributed by atoms with Gasteiger partial charge in [0.05, 0.1) is 0 Å². The molecule has 0 fully saturated rings. The molecule has 2 aliphatic carbocycles. The molecule has 0 radical (unpaired) electrons. The highest BCUT2D eigenvalue weighted by atomic mass is 16.1. The maximum absolute atomic E-state index is 11.3. The first kappa shape index (κ1) is 7.47. The van der Waals surface area contributed by atoms with Crippen molar-refractivity contribution in [2.24, 2.45) is 5.41 Å². The zero-order valence-corrected chi connectivity index (χ0v) is 6.96. The molecule has 0 bridgehead atoms. The third-order valence-corrected chi connectivity index (χ3v) is 2.68. The molecule has 0 unspecified atom stereocenters. The third-order valence-electron chi connectivity index (χ3n) is 2.68. The molecule has 62 valence electrons. The second-order valence-electron chi connectivity index (χ2n) is 3.64. The quantitative estimate of drug-likeness (QED) is 0.539. The lowest BCUT2D eigenvalue weighted by molar-refractivity contribution is -0.117. The van der Waals surface area contributed by atoms with Gasteiger partial charge < -0.3 is 0 Å². The standard InChI is InChI=1S/C10H10O2/c1-10-4-2-7(11)6-8(10)9(12)3-5-10/h3,5-6H,2,4H2,1H3/t10-/m1/s1. The number of carbonyl (C=O) groups is 2. The molecule has 0 N–H and O–H groups in total. The summed E-state index contributed by atoms with van der Waals surface area (Å²) < 4.78 is 0. The zero-order chi connectivity index (χ0) is 8.77. The average molecular weight is 162 g/mol. The van der Waals surface area contributed by atoms with Crippen LogP contribution in [0.2, 0.25) is 0 Å². The number of rotatable bonds is 0. The molecule has 2 nitrogen and oxygen atoms in total. The van der Waals surface area contributed by atoms with Crippen LogP contribution in [0.5, 0.6) is 0 Å². The van der Waals surface area contributed by atoms with Crippen LogP contribution in [0.15, 0.2) is 23.8 Å². The minimum absolute atomic E-state index is 0.00514. The highest BCUT2D eigenvalue weighted by molar-refractivity contribution is 6.12. The van der Waals surface area contributed by atoms with Crippen molar-refractivity contribution >= 4 is 11.6 Å². The van der Waals surface area contributed by atoms with E-state index in [-0.39, 0.29) is 17.0 Å². The molecule has 0 aromatic carbocycles. The smallest absolute Gasteiger partial charge is 0.182 e. The number of hydrogen-bond donors (Lipinski definition) is 0. The van der Waals surface area contributed by atoms with Crippen molar-refractivity contribution in [2.45, 2.75) is 19.8 Å². The second-order valence-corrected chi connectivity index (χ2v) is 3.64. The molecule has 0 heterocycles. The van der Waals surface area contributed by atoms with E-state index in [0.717, 1.165) is 6.42 Å². The summed E-state index contributed by atoms with van der Waals surface area (Å²) in [6.45, 7) is 2.01. The fraction of sp³-hybridized carbons (Fsp3) is 0.400. The van der Waals surface area contributed by atoms with Gasteiger partial charge in [-0.15, -0.1) is 0 Å². The molecular weight excluding hydrogens is 152 g/mol. The molecule has 0 aromatic heterocycles. The summed E-state index contributed by atoms with van der Waals surface area (Å²) >= 11 is 0. The first-order valence-electron chi connectivity index (χ1n) is 4.10. The molecule has 0 saturated carbocycles. The van der Waals surface area contributed by atoms with Crippen molar-refractivity contribution in [1.29, 1.82) is 0 Å². The van der Waals surface area contributed by atoms with Crippen LogP contribution >= 0.6 is 0 Å². The van der Waals surface area contributed by atoms with Crippen LogP contribution in [0.4, 0.5) is 0 Å². The van der Waals surface area contributed by atoms with E-state index in [4.69, 9.17) is 0 Å². The summed E-state index contributed by atoms with van der Waals surface area (Å²) in [7, 11) is 0. The van der Waals surface area contributed by atoms with E-state index in [9.17, 15) is 9.59 Å². The Kier molecular flexibility index (Phi) is 1.34. The van der Waals surface area contributed by atoms with E-state index in [1.165, 1.54) is 6.08 Å². The van der Waals surface area contributed by atoms with Gasteiger partial charge in [0, 0.05) is 17.4 Å². The lowest BCUT2D eigenvalue weighted by Gasteiger charge is -2.26. The highest BCUT2D eigenvalue weighted by Crippen LogP contribution is 2.41. The Balaban J connectivity index is 2.50. The van der Waals surface area contributed by atoms with Crippen LogP contribution in [-0.4, -0.2) is 11.6 Å². The number of allylic oxidation sites excluding steroid dienone is 4. The van der Waals surface area contributed by atoms with Crippen LogP contribution in [0.3, 0.4) is 0 Å². The molecule has 0 aromatic rings. The lowest BCUT2D eigenvalue weighted by Crippen LogP contribution is -2.22. The Labute approximate surface area is 71.0 Å². The van der Waals surface area contributed by atoms with Crippen LogP contribution in [0, 0.1) is 5.41 Å². The monoisotopic (exact) mass is 162 g/mol. The predicted octanol–water partition coefficient (Wildman–Crippen LogP) is 1.42. The summed E-state index contributed by atoms with van der Waals surface area (Å²) in [5.41, 5.74) is 0.532. The number of carbonyl (C=O) groups excluding carboxylic acids is 2. The summed E-state index contributed by atoms with van der Waals surface area (Å²) in [6, 6.07) is 0. The van der Waals surface area contributed by atoms with Gasteiger partial charge >= 0.3 is 0 Å². The highest BCUT2D eigenvalue weighted by Gasteiger charge is 2.37. The minimum atomic E-state index is -0.148. The summed E-state index contributed by atoms with van der Waals surface area (Å²) in [5.74, 6) is 0.0880. The molecule has 0 amide bonds. The summed E-state index contributed by atoms with van der Waals surface area (Å²) in [4.78, 5) is 22.3. The van der Waals surface area contributed by atoms with E-state index in [0.29, 0.717) is 12.0 Å². The first-order chi connectivity index (χ1) is 5.62. The van der Waals surface area contributed by atoms with Crippen molar-refractivity contribution in [2.75, 3.05) is 0 Å². The van der Waals surface area contributed by atoms with E-state index >= 15 is 0 Å². The topological polar surface area (TPSA) is 34.1 Å². The zero-order valence-electron chi connectivity index (χ0n) is 6.96. The Morgan fingerprint density at radius 2 is 2.17 bits per heavy atom. The minimum Gasteiger partial charge on any atom is -0.295 e. The fourth-order valence-electron chi connectivity index (χ4n) is 1.79. The molecular formula is C10H10O2. The van der Waals surface area contributed by atoms with Gasteiger partial charge in [-0.3, -0.25) is 9.59 Å². The lowest BCUT2D eigenvalue weighted by atomic mass is 9.76. The van der Waals surface area contributed by atoms with Gasteiger partial charge in [0.25, 0.3) is 0 Å². The largest absolute Gasteiger partial charge is 0.295 e. The number of fused-ring (bicyclic) bond motifs is 1. The van der Waals surface area contributed by atoms with Crippen LogP contribution in [0.25, 0.3) is 0 Å². The maximum Gasteiger partial charge on any atom is 0.182 e. The summed E-state index contributed by atoms with van der Waals surface area (Å²) in [5, 5.41) is 0. The van der Waals surface area contributed by atoms with Crippen LogP contribution < -0.4 is 0 Å². The van der Waals surface area contributed by atoms with Gasteiger partial charge in [-0.05, 0) is 18.6 Å². The van der Waals surface area contributed by atoms with Crippen molar-refractivity contribution in [3.8, 4) is 0 Å². The normalized spacial score (nSPS) is 33.6. The SMILES string of the molecule is C[C@@]12C=CC(=O)C1=CC(=O)CC2. The van der Waals surface area contributed by atoms with E-state index < -0.39 is 0 Å². The molecule has 2 aliphatic rings. The van der Waals surface area contributed by atoms with Gasteiger partial charge in [0.2, 0.25) is 0 Å². The number of hydrogen-bond acceptors (Lipinski definition) is 2. The first-order valence-corrected chi connectivity index (χ1v) is 4.10. The van der Waals surface area contributed by atoms with Crippen molar-refractivity contribution < 1.29 is 9.59 Å². The Morgan fingerprint density at radius 3 is 2.92 bits per heavy atom. The fourth-order valence-corrected chi connectivity index (χ4v) is 1.79. The third kappa shape index (κ3) is 0.876. The Morgan fingerprint density at radius 1 is 1.42 bits per heavy atom. The average Bonchev–Trinajstić information content (AvgIpc) is 2.31. The van der Waals surface area contributed by atoms with Crippen LogP contribution in [0.1, 0.15) is 19.8 Å². The maximum atomic E-state index is 11.3. The van der Waals surface area contributed by atoms with Crippen molar-refractivity contribution in [3.05, 3.63) is 23.8 Å². The molecule has 0 spiro atoms. The molecule has 0 saturated heterocycles. The summed E-state index contributed by atoms with van der Waals surface area (Å²) in [6.07, 6.45) is 6.33. The van der Waals surface area contributed by atoms with E-state index in [1.54, 1.807) is 6.08 Å². The second kappa shape index (κ2) is 2.16. The van der Waals surface area contributed by atoms with Gasteiger partial charge in [-0.2, -0.15) is 0 Å². The van der Waals surface area contributed by atoms with Crippen LogP contribution in [-0.2, 0) is 9.59 Å². The van der Waals surface area contributed by atoms with Crippen molar-refractivity contribution in [3.63, 3.8) is 0 Å². The van der Waals surface area contributed by atoms with Gasteiger partial charge in [0.15, 0.2) is 11.6 Å². The van der Waals surface area contributed by atoms with E-state index in [2.05, 4.69) is 0 Å². The molecule has 0 aliphatic heterocycles. The molecule has 2 rings (SSSR count). The molecule has 1 atom stereocenters. The Bertz CT molecular complexity index is 323. The van der Waals surface area contributed by atoms with Gasteiger partial charge in [-0.25, -0.2) is 0 Å². The van der Waals surface area contributed by atoms with Gasteiger partial charge in [0.1, 0.15) is 0 Å². The van der Waals surface area contributed by atoms with Crippen molar-refractivity contribution in [1.82, 2.24) is 0 Å². The van der Waals surface area contributed by atoms with Gasteiger partial charge in [-0.1, -0.05) is 13.0 Å².